The molecule has 2 aromatic rings. The fourth-order valence-electron chi connectivity index (χ4n) is 2.47. The van der Waals surface area contributed by atoms with E-state index in [9.17, 15) is 0 Å². The lowest BCUT2D eigenvalue weighted by atomic mass is 10.2. The van der Waals surface area contributed by atoms with E-state index in [-0.39, 0.29) is 6.10 Å². The lowest BCUT2D eigenvalue weighted by Gasteiger charge is -2.30. The molecular weight excluding hydrogens is 246 g/mol. The summed E-state index contributed by atoms with van der Waals surface area (Å²) in [5.74, 6) is 0. The van der Waals surface area contributed by atoms with Gasteiger partial charge in [0.1, 0.15) is 0 Å². The van der Waals surface area contributed by atoms with Crippen molar-refractivity contribution in [3.05, 3.63) is 29.0 Å². The molecule has 1 unspecified atom stereocenters. The number of ether oxygens (including phenoxy) is 1. The average molecular weight is 263 g/mol. The van der Waals surface area contributed by atoms with Crippen LogP contribution in [0, 0.1) is 4.77 Å². The molecule has 1 aromatic heterocycles. The number of hydrogen-bond donors (Lipinski definition) is 1. The van der Waals surface area contributed by atoms with Gasteiger partial charge in [0, 0.05) is 13.1 Å². The molecule has 0 spiro atoms. The first-order valence-electron chi connectivity index (χ1n) is 6.22. The molecule has 1 aromatic carbocycles. The highest BCUT2D eigenvalue weighted by Gasteiger charge is 2.19. The van der Waals surface area contributed by atoms with Gasteiger partial charge in [-0.3, -0.25) is 0 Å². The Hall–Kier alpha value is -1.17. The number of imidazole rings is 1. The zero-order valence-electron chi connectivity index (χ0n) is 10.4. The van der Waals surface area contributed by atoms with Crippen molar-refractivity contribution in [2.45, 2.75) is 12.6 Å². The number of rotatable bonds is 2. The van der Waals surface area contributed by atoms with Crippen molar-refractivity contribution in [2.24, 2.45) is 0 Å². The summed E-state index contributed by atoms with van der Waals surface area (Å²) in [6, 6.07) is 8.20. The zero-order chi connectivity index (χ0) is 12.5. The summed E-state index contributed by atoms with van der Waals surface area (Å²) in [6.07, 6.45) is 0.217. The van der Waals surface area contributed by atoms with Crippen LogP contribution in [0.1, 0.15) is 0 Å². The maximum atomic E-state index is 5.80. The Labute approximate surface area is 111 Å². The van der Waals surface area contributed by atoms with Crippen LogP contribution in [-0.2, 0) is 11.3 Å². The molecule has 1 N–H and O–H groups in total. The van der Waals surface area contributed by atoms with E-state index in [2.05, 4.69) is 33.6 Å². The first-order chi connectivity index (χ1) is 8.74. The fourth-order valence-corrected chi connectivity index (χ4v) is 2.75. The first-order valence-corrected chi connectivity index (χ1v) is 6.62. The van der Waals surface area contributed by atoms with Gasteiger partial charge >= 0.3 is 0 Å². The standard InChI is InChI=1S/C13H17N3OS/c1-15-6-7-17-10(8-15)9-16-12-5-3-2-4-11(12)14-13(16)18/h2-5,10H,6-9H2,1H3,(H,14,18). The smallest absolute Gasteiger partial charge is 0.178 e. The number of fused-ring (bicyclic) bond motifs is 1. The number of nitrogens with zero attached hydrogens (tertiary/aromatic N) is 2. The normalized spacial score (nSPS) is 21.5. The van der Waals surface area contributed by atoms with E-state index < -0.39 is 0 Å². The summed E-state index contributed by atoms with van der Waals surface area (Å²) in [7, 11) is 2.13. The molecule has 5 heteroatoms. The second-order valence-corrected chi connectivity index (χ2v) is 5.20. The fraction of sp³-hybridized carbons (Fsp3) is 0.462. The van der Waals surface area contributed by atoms with Crippen molar-refractivity contribution >= 4 is 23.3 Å². The van der Waals surface area contributed by atoms with Gasteiger partial charge in [-0.2, -0.15) is 0 Å². The molecule has 18 heavy (non-hydrogen) atoms. The second kappa shape index (κ2) is 4.84. The lowest BCUT2D eigenvalue weighted by molar-refractivity contribution is -0.0271. The van der Waals surface area contributed by atoms with Gasteiger partial charge in [0.05, 0.1) is 30.3 Å². The summed E-state index contributed by atoms with van der Waals surface area (Å²) >= 11 is 5.39. The number of para-hydroxylation sites is 2. The molecule has 4 nitrogen and oxygen atoms in total. The molecule has 1 atom stereocenters. The van der Waals surface area contributed by atoms with E-state index in [1.165, 1.54) is 0 Å². The lowest BCUT2D eigenvalue weighted by Crippen LogP contribution is -2.41. The highest BCUT2D eigenvalue weighted by Crippen LogP contribution is 2.15. The van der Waals surface area contributed by atoms with Crippen LogP contribution in [0.2, 0.25) is 0 Å². The molecule has 2 heterocycles. The zero-order valence-corrected chi connectivity index (χ0v) is 11.2. The average Bonchev–Trinajstić information content (AvgIpc) is 2.66. The maximum Gasteiger partial charge on any atom is 0.178 e. The Balaban J connectivity index is 1.90. The second-order valence-electron chi connectivity index (χ2n) is 4.81. The Morgan fingerprint density at radius 3 is 3.11 bits per heavy atom. The summed E-state index contributed by atoms with van der Waals surface area (Å²) in [6.45, 7) is 3.58. The monoisotopic (exact) mass is 263 g/mol. The van der Waals surface area contributed by atoms with Gasteiger partial charge in [0.15, 0.2) is 4.77 Å². The largest absolute Gasteiger partial charge is 0.374 e. The predicted octanol–water partition coefficient (Wildman–Crippen LogP) is 2.03. The van der Waals surface area contributed by atoms with Crippen molar-refractivity contribution in [3.63, 3.8) is 0 Å². The molecule has 0 saturated carbocycles. The summed E-state index contributed by atoms with van der Waals surface area (Å²) in [5.41, 5.74) is 2.24. The predicted molar refractivity (Wildman–Crippen MR) is 74.4 cm³/mol. The number of likely N-dealkylation sites (N-methyl/N-ethyl adjacent to an activating group) is 1. The molecule has 96 valence electrons. The number of H-pyrrole nitrogens is 1. The number of nitrogens with one attached hydrogen (secondary N) is 1. The summed E-state index contributed by atoms with van der Waals surface area (Å²) in [4.78, 5) is 5.53. The molecule has 0 bridgehead atoms. The van der Waals surface area contributed by atoms with E-state index >= 15 is 0 Å². The van der Waals surface area contributed by atoms with Crippen LogP contribution in [0.4, 0.5) is 0 Å². The SMILES string of the molecule is CN1CCOC(Cn2c(=S)[nH]c3ccccc32)C1. The van der Waals surface area contributed by atoms with Gasteiger partial charge in [0.25, 0.3) is 0 Å². The topological polar surface area (TPSA) is 33.2 Å². The molecule has 1 aliphatic rings. The van der Waals surface area contributed by atoms with Crippen molar-refractivity contribution in [1.82, 2.24) is 14.5 Å². The van der Waals surface area contributed by atoms with Crippen molar-refractivity contribution in [3.8, 4) is 0 Å². The third-order valence-electron chi connectivity index (χ3n) is 3.41. The minimum Gasteiger partial charge on any atom is -0.374 e. The molecular formula is C13H17N3OS. The van der Waals surface area contributed by atoms with E-state index in [1.54, 1.807) is 0 Å². The van der Waals surface area contributed by atoms with Crippen LogP contribution in [0.25, 0.3) is 11.0 Å². The number of benzene rings is 1. The molecule has 1 saturated heterocycles. The minimum atomic E-state index is 0.217. The Kier molecular flexibility index (Phi) is 3.20. The maximum absolute atomic E-state index is 5.80. The van der Waals surface area contributed by atoms with Crippen LogP contribution < -0.4 is 0 Å². The number of hydrogen-bond acceptors (Lipinski definition) is 3. The number of aromatic amines is 1. The third-order valence-corrected chi connectivity index (χ3v) is 3.73. The van der Waals surface area contributed by atoms with E-state index in [0.29, 0.717) is 0 Å². The van der Waals surface area contributed by atoms with Crippen molar-refractivity contribution in [1.29, 1.82) is 0 Å². The van der Waals surface area contributed by atoms with Gasteiger partial charge in [-0.05, 0) is 31.4 Å². The molecule has 1 aliphatic heterocycles. The van der Waals surface area contributed by atoms with Gasteiger partial charge in [-0.15, -0.1) is 0 Å². The van der Waals surface area contributed by atoms with Gasteiger partial charge in [-0.25, -0.2) is 0 Å². The first kappa shape index (κ1) is 11.9. The van der Waals surface area contributed by atoms with Crippen LogP contribution in [0.5, 0.6) is 0 Å². The summed E-state index contributed by atoms with van der Waals surface area (Å²) < 4.78 is 8.71. The van der Waals surface area contributed by atoms with Crippen LogP contribution in [0.15, 0.2) is 24.3 Å². The van der Waals surface area contributed by atoms with Crippen LogP contribution >= 0.6 is 12.2 Å². The summed E-state index contributed by atoms with van der Waals surface area (Å²) in [5, 5.41) is 0. The molecule has 0 radical (unpaired) electrons. The van der Waals surface area contributed by atoms with Gasteiger partial charge in [-0.1, -0.05) is 12.1 Å². The number of morpholine rings is 1. The third kappa shape index (κ3) is 2.21. The highest BCUT2D eigenvalue weighted by atomic mass is 32.1. The van der Waals surface area contributed by atoms with Crippen LogP contribution in [-0.4, -0.2) is 47.3 Å². The minimum absolute atomic E-state index is 0.217. The molecule has 3 rings (SSSR count). The van der Waals surface area contributed by atoms with Gasteiger partial charge in [0.2, 0.25) is 0 Å². The number of aromatic nitrogens is 2. The van der Waals surface area contributed by atoms with E-state index in [0.717, 1.165) is 42.0 Å². The van der Waals surface area contributed by atoms with E-state index in [4.69, 9.17) is 17.0 Å². The van der Waals surface area contributed by atoms with E-state index in [1.807, 2.05) is 12.1 Å². The van der Waals surface area contributed by atoms with Crippen molar-refractivity contribution in [2.75, 3.05) is 26.7 Å². The van der Waals surface area contributed by atoms with Gasteiger partial charge < -0.3 is 19.2 Å². The van der Waals surface area contributed by atoms with Crippen LogP contribution in [0.3, 0.4) is 0 Å². The molecule has 0 amide bonds. The van der Waals surface area contributed by atoms with Crippen molar-refractivity contribution < 1.29 is 4.74 Å². The Bertz CT molecular complexity index is 604. The molecule has 1 fully saturated rings. The highest BCUT2D eigenvalue weighted by molar-refractivity contribution is 7.71. The Morgan fingerprint density at radius 2 is 2.28 bits per heavy atom. The molecule has 0 aliphatic carbocycles. The quantitative estimate of drug-likeness (QED) is 0.842. The Morgan fingerprint density at radius 1 is 1.44 bits per heavy atom.